The number of aromatic nitrogens is 2. The minimum atomic E-state index is -0.889. The van der Waals surface area contributed by atoms with E-state index in [9.17, 15) is 9.90 Å². The third kappa shape index (κ3) is 3.23. The standard InChI is InChI=1S/C13H20N4O3/c1-3-14-12(18)10-4-5-11(17-16-10)15-8-13(19)6-7-20-9(13)2/h4-5,9,19H,3,6-8H2,1-2H3,(H,14,18)(H,15,17). The monoisotopic (exact) mass is 280 g/mol. The van der Waals surface area contributed by atoms with E-state index in [1.807, 2.05) is 13.8 Å². The Labute approximate surface area is 117 Å². The van der Waals surface area contributed by atoms with Crippen molar-refractivity contribution in [1.29, 1.82) is 0 Å². The van der Waals surface area contributed by atoms with Gasteiger partial charge >= 0.3 is 0 Å². The lowest BCUT2D eigenvalue weighted by Gasteiger charge is -2.26. The predicted molar refractivity (Wildman–Crippen MR) is 73.5 cm³/mol. The molecular weight excluding hydrogens is 260 g/mol. The number of rotatable bonds is 5. The highest BCUT2D eigenvalue weighted by Crippen LogP contribution is 2.25. The molecule has 7 heteroatoms. The van der Waals surface area contributed by atoms with Crippen LogP contribution in [0.2, 0.25) is 0 Å². The van der Waals surface area contributed by atoms with Crippen LogP contribution in [0.5, 0.6) is 0 Å². The minimum Gasteiger partial charge on any atom is -0.385 e. The molecule has 0 bridgehead atoms. The van der Waals surface area contributed by atoms with Crippen LogP contribution in [0, 0.1) is 0 Å². The molecule has 2 unspecified atom stereocenters. The topological polar surface area (TPSA) is 96.4 Å². The molecule has 1 aliphatic heterocycles. The van der Waals surface area contributed by atoms with Gasteiger partial charge in [-0.25, -0.2) is 0 Å². The van der Waals surface area contributed by atoms with Gasteiger partial charge in [0.1, 0.15) is 11.4 Å². The van der Waals surface area contributed by atoms with E-state index in [4.69, 9.17) is 4.74 Å². The minimum absolute atomic E-state index is 0.211. The van der Waals surface area contributed by atoms with Gasteiger partial charge in [0, 0.05) is 26.1 Å². The van der Waals surface area contributed by atoms with Crippen molar-refractivity contribution in [2.75, 3.05) is 25.0 Å². The summed E-state index contributed by atoms with van der Waals surface area (Å²) in [6.45, 7) is 5.13. The van der Waals surface area contributed by atoms with E-state index >= 15 is 0 Å². The van der Waals surface area contributed by atoms with Crippen LogP contribution in [-0.4, -0.2) is 52.6 Å². The summed E-state index contributed by atoms with van der Waals surface area (Å²) >= 11 is 0. The molecule has 1 aromatic rings. The lowest BCUT2D eigenvalue weighted by Crippen LogP contribution is -2.43. The Morgan fingerprint density at radius 3 is 2.90 bits per heavy atom. The van der Waals surface area contributed by atoms with Gasteiger partial charge in [-0.1, -0.05) is 0 Å². The molecule has 110 valence electrons. The van der Waals surface area contributed by atoms with E-state index < -0.39 is 5.60 Å². The Morgan fingerprint density at radius 1 is 1.55 bits per heavy atom. The molecule has 1 aliphatic rings. The Morgan fingerprint density at radius 2 is 2.35 bits per heavy atom. The van der Waals surface area contributed by atoms with Crippen molar-refractivity contribution >= 4 is 11.7 Å². The molecule has 0 spiro atoms. The van der Waals surface area contributed by atoms with Crippen LogP contribution in [0.25, 0.3) is 0 Å². The van der Waals surface area contributed by atoms with Crippen molar-refractivity contribution in [3.63, 3.8) is 0 Å². The number of hydrogen-bond donors (Lipinski definition) is 3. The molecule has 2 heterocycles. The molecule has 20 heavy (non-hydrogen) atoms. The van der Waals surface area contributed by atoms with Crippen LogP contribution in [0.3, 0.4) is 0 Å². The second-order valence-corrected chi connectivity index (χ2v) is 4.88. The summed E-state index contributed by atoms with van der Waals surface area (Å²) in [7, 11) is 0. The summed E-state index contributed by atoms with van der Waals surface area (Å²) in [4.78, 5) is 11.5. The number of anilines is 1. The number of aliphatic hydroxyl groups is 1. The van der Waals surface area contributed by atoms with Gasteiger partial charge in [-0.05, 0) is 26.0 Å². The normalized spacial score (nSPS) is 25.4. The lowest BCUT2D eigenvalue weighted by molar-refractivity contribution is -0.0176. The maximum Gasteiger partial charge on any atom is 0.271 e. The van der Waals surface area contributed by atoms with Crippen molar-refractivity contribution < 1.29 is 14.6 Å². The van der Waals surface area contributed by atoms with Crippen molar-refractivity contribution in [3.8, 4) is 0 Å². The van der Waals surface area contributed by atoms with Gasteiger partial charge in [-0.2, -0.15) is 0 Å². The zero-order chi connectivity index (χ0) is 14.6. The fraction of sp³-hybridized carbons (Fsp3) is 0.615. The van der Waals surface area contributed by atoms with Crippen LogP contribution in [0.15, 0.2) is 12.1 Å². The van der Waals surface area contributed by atoms with E-state index in [1.54, 1.807) is 12.1 Å². The number of amides is 1. The molecule has 7 nitrogen and oxygen atoms in total. The highest BCUT2D eigenvalue weighted by Gasteiger charge is 2.39. The summed E-state index contributed by atoms with van der Waals surface area (Å²) in [5, 5.41) is 23.8. The molecule has 1 fully saturated rings. The molecule has 1 saturated heterocycles. The summed E-state index contributed by atoms with van der Waals surface area (Å²) in [5.74, 6) is 0.272. The first-order chi connectivity index (χ1) is 9.55. The van der Waals surface area contributed by atoms with Gasteiger partial charge in [0.25, 0.3) is 5.91 Å². The van der Waals surface area contributed by atoms with Gasteiger partial charge in [-0.15, -0.1) is 10.2 Å². The molecule has 0 saturated carbocycles. The fourth-order valence-electron chi connectivity index (χ4n) is 2.05. The summed E-state index contributed by atoms with van der Waals surface area (Å²) in [6.07, 6.45) is 0.378. The van der Waals surface area contributed by atoms with Crippen molar-refractivity contribution in [2.45, 2.75) is 32.0 Å². The van der Waals surface area contributed by atoms with Crippen molar-refractivity contribution in [2.24, 2.45) is 0 Å². The van der Waals surface area contributed by atoms with E-state index in [-0.39, 0.29) is 17.7 Å². The summed E-state index contributed by atoms with van der Waals surface area (Å²) in [6, 6.07) is 3.26. The van der Waals surface area contributed by atoms with Crippen molar-refractivity contribution in [3.05, 3.63) is 17.8 Å². The van der Waals surface area contributed by atoms with E-state index in [1.165, 1.54) is 0 Å². The van der Waals surface area contributed by atoms with E-state index in [0.717, 1.165) is 0 Å². The molecule has 1 aromatic heterocycles. The zero-order valence-electron chi connectivity index (χ0n) is 11.7. The number of carbonyl (C=O) groups excluding carboxylic acids is 1. The number of nitrogens with zero attached hydrogens (tertiary/aromatic N) is 2. The molecule has 1 amide bonds. The Kier molecular flexibility index (Phi) is 4.51. The van der Waals surface area contributed by atoms with E-state index in [2.05, 4.69) is 20.8 Å². The van der Waals surface area contributed by atoms with Gasteiger partial charge in [0.15, 0.2) is 5.69 Å². The Hall–Kier alpha value is -1.73. The predicted octanol–water partition coefficient (Wildman–Crippen LogP) is 0.178. The fourth-order valence-corrected chi connectivity index (χ4v) is 2.05. The van der Waals surface area contributed by atoms with Gasteiger partial charge in [-0.3, -0.25) is 4.79 Å². The molecular formula is C13H20N4O3. The van der Waals surface area contributed by atoms with Crippen LogP contribution >= 0.6 is 0 Å². The first-order valence-electron chi connectivity index (χ1n) is 6.75. The SMILES string of the molecule is CCNC(=O)c1ccc(NCC2(O)CCOC2C)nn1. The van der Waals surface area contributed by atoms with E-state index in [0.29, 0.717) is 31.9 Å². The Balaban J connectivity index is 1.92. The lowest BCUT2D eigenvalue weighted by atomic mass is 9.97. The largest absolute Gasteiger partial charge is 0.385 e. The molecule has 3 N–H and O–H groups in total. The summed E-state index contributed by atoms with van der Waals surface area (Å²) < 4.78 is 5.36. The second kappa shape index (κ2) is 6.15. The number of hydrogen-bond acceptors (Lipinski definition) is 6. The van der Waals surface area contributed by atoms with Crippen LogP contribution < -0.4 is 10.6 Å². The van der Waals surface area contributed by atoms with Crippen LogP contribution in [0.1, 0.15) is 30.8 Å². The molecule has 0 aliphatic carbocycles. The third-order valence-electron chi connectivity index (χ3n) is 3.47. The molecule has 2 rings (SSSR count). The maximum atomic E-state index is 11.5. The van der Waals surface area contributed by atoms with Gasteiger partial charge < -0.3 is 20.5 Å². The number of ether oxygens (including phenoxy) is 1. The molecule has 2 atom stereocenters. The first-order valence-corrected chi connectivity index (χ1v) is 6.75. The van der Waals surface area contributed by atoms with Gasteiger partial charge in [0.2, 0.25) is 0 Å². The molecule has 0 aromatic carbocycles. The van der Waals surface area contributed by atoms with Gasteiger partial charge in [0.05, 0.1) is 6.10 Å². The zero-order valence-corrected chi connectivity index (χ0v) is 11.7. The average Bonchev–Trinajstić information content (AvgIpc) is 2.78. The van der Waals surface area contributed by atoms with Crippen LogP contribution in [-0.2, 0) is 4.74 Å². The average molecular weight is 280 g/mol. The van der Waals surface area contributed by atoms with Crippen molar-refractivity contribution in [1.82, 2.24) is 15.5 Å². The van der Waals surface area contributed by atoms with Crippen LogP contribution in [0.4, 0.5) is 5.82 Å². The highest BCUT2D eigenvalue weighted by atomic mass is 16.5. The third-order valence-corrected chi connectivity index (χ3v) is 3.47. The maximum absolute atomic E-state index is 11.5. The number of nitrogens with one attached hydrogen (secondary N) is 2. The smallest absolute Gasteiger partial charge is 0.271 e. The molecule has 0 radical (unpaired) electrons. The second-order valence-electron chi connectivity index (χ2n) is 4.88. The quantitative estimate of drug-likeness (QED) is 0.712. The first kappa shape index (κ1) is 14.7. The summed E-state index contributed by atoms with van der Waals surface area (Å²) in [5.41, 5.74) is -0.617. The highest BCUT2D eigenvalue weighted by molar-refractivity contribution is 5.92. The Bertz CT molecular complexity index is 465. The number of carbonyl (C=O) groups is 1.